The van der Waals surface area contributed by atoms with Crippen molar-refractivity contribution in [3.8, 4) is 0 Å². The third-order valence-electron chi connectivity index (χ3n) is 3.82. The van der Waals surface area contributed by atoms with Crippen LogP contribution in [0.5, 0.6) is 0 Å². The van der Waals surface area contributed by atoms with Crippen molar-refractivity contribution in [2.75, 3.05) is 13.2 Å². The van der Waals surface area contributed by atoms with E-state index in [2.05, 4.69) is 4.98 Å². The molecule has 2 N–H and O–H groups in total. The maximum absolute atomic E-state index is 11.9. The predicted octanol–water partition coefficient (Wildman–Crippen LogP) is 1.85. The van der Waals surface area contributed by atoms with Crippen molar-refractivity contribution in [3.05, 3.63) is 41.1 Å². The molecule has 0 aliphatic carbocycles. The third-order valence-corrected chi connectivity index (χ3v) is 3.82. The van der Waals surface area contributed by atoms with Gasteiger partial charge in [0.05, 0.1) is 24.2 Å². The van der Waals surface area contributed by atoms with E-state index in [9.17, 15) is 9.59 Å². The average Bonchev–Trinajstić information content (AvgIpc) is 2.51. The van der Waals surface area contributed by atoms with E-state index in [1.54, 1.807) is 11.8 Å². The topological polar surface area (TPSA) is 85.5 Å². The number of ether oxygens (including phenoxy) is 1. The lowest BCUT2D eigenvalue weighted by Gasteiger charge is -2.29. The summed E-state index contributed by atoms with van der Waals surface area (Å²) in [5, 5.41) is 0.722. The lowest BCUT2D eigenvalue weighted by atomic mass is 9.95. The normalized spacial score (nSPS) is 13.8. The monoisotopic (exact) mass is 299 g/mol. The zero-order valence-corrected chi connectivity index (χ0v) is 12.3. The molecule has 1 aromatic carbocycles. The summed E-state index contributed by atoms with van der Waals surface area (Å²) in [4.78, 5) is 30.1. The van der Waals surface area contributed by atoms with Gasteiger partial charge in [0.1, 0.15) is 0 Å². The van der Waals surface area contributed by atoms with Crippen molar-refractivity contribution in [3.63, 3.8) is 0 Å². The molecule has 22 heavy (non-hydrogen) atoms. The number of carbonyl (C=O) groups excluding carboxylic acids is 2. The SMILES string of the molecule is CCOC(=O)N1CCc2nc3ccccc3c(C(N)=O)c2C1. The number of hydrogen-bond donors (Lipinski definition) is 1. The first kappa shape index (κ1) is 14.3. The summed E-state index contributed by atoms with van der Waals surface area (Å²) in [5.74, 6) is -0.499. The molecule has 114 valence electrons. The molecule has 0 spiro atoms. The fourth-order valence-electron chi connectivity index (χ4n) is 2.84. The van der Waals surface area contributed by atoms with Gasteiger partial charge in [0.15, 0.2) is 0 Å². The molecule has 2 amide bonds. The van der Waals surface area contributed by atoms with Gasteiger partial charge in [0, 0.05) is 29.6 Å². The Labute approximate surface area is 127 Å². The molecule has 1 aliphatic heterocycles. The fraction of sp³-hybridized carbons (Fsp3) is 0.312. The molecule has 6 heteroatoms. The molecule has 0 fully saturated rings. The van der Waals surface area contributed by atoms with Gasteiger partial charge in [-0.3, -0.25) is 9.78 Å². The Morgan fingerprint density at radius 2 is 2.14 bits per heavy atom. The molecule has 3 rings (SSSR count). The van der Waals surface area contributed by atoms with Gasteiger partial charge in [-0.15, -0.1) is 0 Å². The van der Waals surface area contributed by atoms with Gasteiger partial charge in [-0.05, 0) is 13.0 Å². The number of pyridine rings is 1. The number of carbonyl (C=O) groups is 2. The van der Waals surface area contributed by atoms with Gasteiger partial charge >= 0.3 is 6.09 Å². The number of hydrogen-bond acceptors (Lipinski definition) is 4. The lowest BCUT2D eigenvalue weighted by Crippen LogP contribution is -2.38. The minimum absolute atomic E-state index is 0.296. The van der Waals surface area contributed by atoms with Crippen LogP contribution in [0.4, 0.5) is 4.79 Å². The second-order valence-corrected chi connectivity index (χ2v) is 5.16. The van der Waals surface area contributed by atoms with E-state index in [0.717, 1.165) is 22.2 Å². The Morgan fingerprint density at radius 1 is 1.36 bits per heavy atom. The summed E-state index contributed by atoms with van der Waals surface area (Å²) in [7, 11) is 0. The Morgan fingerprint density at radius 3 is 2.86 bits per heavy atom. The second kappa shape index (κ2) is 5.63. The van der Waals surface area contributed by atoms with Crippen LogP contribution in [0.2, 0.25) is 0 Å². The van der Waals surface area contributed by atoms with Crippen LogP contribution in [0, 0.1) is 0 Å². The number of rotatable bonds is 2. The molecule has 0 saturated carbocycles. The number of benzene rings is 1. The first-order chi connectivity index (χ1) is 10.6. The van der Waals surface area contributed by atoms with Crippen LogP contribution >= 0.6 is 0 Å². The van der Waals surface area contributed by atoms with Crippen molar-refractivity contribution in [1.82, 2.24) is 9.88 Å². The van der Waals surface area contributed by atoms with E-state index in [4.69, 9.17) is 10.5 Å². The number of primary amides is 1. The van der Waals surface area contributed by atoms with Crippen LogP contribution < -0.4 is 5.73 Å². The van der Waals surface area contributed by atoms with Crippen molar-refractivity contribution in [1.29, 1.82) is 0 Å². The summed E-state index contributed by atoms with van der Waals surface area (Å²) in [5.41, 5.74) is 8.34. The quantitative estimate of drug-likeness (QED) is 0.917. The molecule has 0 bridgehead atoms. The minimum atomic E-state index is -0.499. The first-order valence-electron chi connectivity index (χ1n) is 7.23. The number of fused-ring (bicyclic) bond motifs is 2. The van der Waals surface area contributed by atoms with Crippen molar-refractivity contribution >= 4 is 22.9 Å². The number of nitrogens with zero attached hydrogens (tertiary/aromatic N) is 2. The van der Waals surface area contributed by atoms with E-state index < -0.39 is 5.91 Å². The first-order valence-corrected chi connectivity index (χ1v) is 7.23. The van der Waals surface area contributed by atoms with Gasteiger partial charge < -0.3 is 15.4 Å². The summed E-state index contributed by atoms with van der Waals surface area (Å²) in [6.45, 7) is 2.90. The molecular weight excluding hydrogens is 282 g/mol. The van der Waals surface area contributed by atoms with Gasteiger partial charge in [-0.25, -0.2) is 4.79 Å². The Hall–Kier alpha value is -2.63. The van der Waals surface area contributed by atoms with Crippen LogP contribution in [-0.2, 0) is 17.7 Å². The van der Waals surface area contributed by atoms with Crippen LogP contribution in [0.25, 0.3) is 10.9 Å². The maximum Gasteiger partial charge on any atom is 0.410 e. The van der Waals surface area contributed by atoms with E-state index in [1.807, 2.05) is 24.3 Å². The molecule has 0 radical (unpaired) electrons. The fourth-order valence-corrected chi connectivity index (χ4v) is 2.84. The van der Waals surface area contributed by atoms with Crippen LogP contribution in [0.15, 0.2) is 24.3 Å². The predicted molar refractivity (Wildman–Crippen MR) is 81.4 cm³/mol. The summed E-state index contributed by atoms with van der Waals surface area (Å²) in [6, 6.07) is 7.40. The zero-order valence-electron chi connectivity index (χ0n) is 12.3. The van der Waals surface area contributed by atoms with Gasteiger partial charge in [-0.2, -0.15) is 0 Å². The number of para-hydroxylation sites is 1. The second-order valence-electron chi connectivity index (χ2n) is 5.16. The molecule has 6 nitrogen and oxygen atoms in total. The zero-order chi connectivity index (χ0) is 15.7. The molecule has 0 saturated heterocycles. The standard InChI is InChI=1S/C16H17N3O3/c1-2-22-16(21)19-8-7-13-11(9-19)14(15(17)20)10-5-3-4-6-12(10)18-13/h3-6H,2,7-9H2,1H3,(H2,17,20). The highest BCUT2D eigenvalue weighted by Crippen LogP contribution is 2.28. The van der Waals surface area contributed by atoms with Crippen molar-refractivity contribution in [2.45, 2.75) is 19.9 Å². The van der Waals surface area contributed by atoms with Gasteiger partial charge in [-0.1, -0.05) is 18.2 Å². The summed E-state index contributed by atoms with van der Waals surface area (Å²) < 4.78 is 5.03. The Kier molecular flexibility index (Phi) is 3.66. The van der Waals surface area contributed by atoms with E-state index in [0.29, 0.717) is 31.7 Å². The molecule has 2 heterocycles. The molecular formula is C16H17N3O3. The van der Waals surface area contributed by atoms with E-state index in [1.165, 1.54) is 0 Å². The molecule has 0 atom stereocenters. The average molecular weight is 299 g/mol. The summed E-state index contributed by atoms with van der Waals surface area (Å²) in [6.07, 6.45) is 0.205. The maximum atomic E-state index is 11.9. The molecule has 0 unspecified atom stereocenters. The highest BCUT2D eigenvalue weighted by molar-refractivity contribution is 6.07. The van der Waals surface area contributed by atoms with E-state index >= 15 is 0 Å². The Balaban J connectivity index is 2.11. The van der Waals surface area contributed by atoms with Crippen molar-refractivity contribution < 1.29 is 14.3 Å². The molecule has 1 aliphatic rings. The van der Waals surface area contributed by atoms with Gasteiger partial charge in [0.25, 0.3) is 0 Å². The van der Waals surface area contributed by atoms with Crippen molar-refractivity contribution in [2.24, 2.45) is 5.73 Å². The number of amides is 2. The lowest BCUT2D eigenvalue weighted by molar-refractivity contribution is 0.0973. The smallest absolute Gasteiger partial charge is 0.410 e. The summed E-state index contributed by atoms with van der Waals surface area (Å²) >= 11 is 0. The highest BCUT2D eigenvalue weighted by atomic mass is 16.6. The van der Waals surface area contributed by atoms with Crippen LogP contribution in [0.1, 0.15) is 28.5 Å². The number of aromatic nitrogens is 1. The van der Waals surface area contributed by atoms with Crippen LogP contribution in [0.3, 0.4) is 0 Å². The van der Waals surface area contributed by atoms with Crippen LogP contribution in [-0.4, -0.2) is 35.0 Å². The largest absolute Gasteiger partial charge is 0.450 e. The van der Waals surface area contributed by atoms with Gasteiger partial charge in [0.2, 0.25) is 5.91 Å². The highest BCUT2D eigenvalue weighted by Gasteiger charge is 2.27. The Bertz CT molecular complexity index is 758. The number of nitrogens with two attached hydrogens (primary N) is 1. The minimum Gasteiger partial charge on any atom is -0.450 e. The van der Waals surface area contributed by atoms with E-state index in [-0.39, 0.29) is 6.09 Å². The molecule has 1 aromatic heterocycles. The molecule has 2 aromatic rings. The third kappa shape index (κ3) is 2.36.